The van der Waals surface area contributed by atoms with Crippen molar-refractivity contribution in [2.24, 2.45) is 12.5 Å². The third-order valence-corrected chi connectivity index (χ3v) is 6.14. The Morgan fingerprint density at radius 3 is 2.52 bits per heavy atom. The Labute approximate surface area is 162 Å². The van der Waals surface area contributed by atoms with Crippen LogP contribution in [0.25, 0.3) is 0 Å². The number of amides is 2. The first-order valence-corrected chi connectivity index (χ1v) is 10.1. The molecule has 1 aromatic rings. The van der Waals surface area contributed by atoms with Gasteiger partial charge in [0.1, 0.15) is 0 Å². The molecule has 27 heavy (non-hydrogen) atoms. The third-order valence-electron chi connectivity index (χ3n) is 6.14. The molecule has 1 aliphatic heterocycles. The summed E-state index contributed by atoms with van der Waals surface area (Å²) in [5.74, 6) is 0.303. The molecule has 1 aromatic heterocycles. The molecule has 2 unspecified atom stereocenters. The van der Waals surface area contributed by atoms with E-state index in [0.29, 0.717) is 32.6 Å². The van der Waals surface area contributed by atoms with Crippen LogP contribution in [0.3, 0.4) is 0 Å². The Morgan fingerprint density at radius 2 is 2.00 bits per heavy atom. The first kappa shape index (κ1) is 19.9. The van der Waals surface area contributed by atoms with Crippen molar-refractivity contribution < 1.29 is 9.59 Å². The van der Waals surface area contributed by atoms with E-state index in [1.807, 2.05) is 50.5 Å². The van der Waals surface area contributed by atoms with Crippen LogP contribution in [0, 0.1) is 12.3 Å². The molecule has 0 spiro atoms. The van der Waals surface area contributed by atoms with Gasteiger partial charge < -0.3 is 10.2 Å². The quantitative estimate of drug-likeness (QED) is 0.783. The summed E-state index contributed by atoms with van der Waals surface area (Å²) in [5.41, 5.74) is 1.94. The van der Waals surface area contributed by atoms with E-state index in [2.05, 4.69) is 15.3 Å². The maximum Gasteiger partial charge on any atom is 0.240 e. The van der Waals surface area contributed by atoms with E-state index in [-0.39, 0.29) is 29.3 Å². The van der Waals surface area contributed by atoms with Crippen LogP contribution in [0.2, 0.25) is 0 Å². The van der Waals surface area contributed by atoms with Gasteiger partial charge in [-0.1, -0.05) is 6.92 Å². The third kappa shape index (κ3) is 4.18. The van der Waals surface area contributed by atoms with E-state index in [9.17, 15) is 9.59 Å². The fourth-order valence-electron chi connectivity index (χ4n) is 3.98. The second-order valence-corrected chi connectivity index (χ2v) is 8.34. The van der Waals surface area contributed by atoms with Crippen LogP contribution in [0.4, 0.5) is 0 Å². The molecule has 3 rings (SSSR count). The summed E-state index contributed by atoms with van der Waals surface area (Å²) in [6, 6.07) is -0.168. The number of nitrogens with zero attached hydrogens (tertiary/aromatic N) is 4. The maximum absolute atomic E-state index is 13.1. The van der Waals surface area contributed by atoms with Crippen LogP contribution in [0.1, 0.15) is 51.3 Å². The van der Waals surface area contributed by atoms with Crippen LogP contribution in [-0.4, -0.2) is 63.1 Å². The van der Waals surface area contributed by atoms with Crippen molar-refractivity contribution in [3.8, 4) is 0 Å². The number of carbonyl (C=O) groups excluding carboxylic acids is 2. The zero-order valence-corrected chi connectivity index (χ0v) is 17.3. The topological polar surface area (TPSA) is 70.5 Å². The van der Waals surface area contributed by atoms with Gasteiger partial charge in [-0.15, -0.1) is 0 Å². The molecule has 2 fully saturated rings. The Kier molecular flexibility index (Phi) is 5.60. The van der Waals surface area contributed by atoms with Crippen molar-refractivity contribution in [3.63, 3.8) is 0 Å². The Hall–Kier alpha value is -1.89. The van der Waals surface area contributed by atoms with Crippen molar-refractivity contribution in [1.82, 2.24) is 24.9 Å². The van der Waals surface area contributed by atoms with Crippen molar-refractivity contribution >= 4 is 11.8 Å². The minimum absolute atomic E-state index is 0.0245. The normalized spacial score (nSPS) is 24.0. The minimum Gasteiger partial charge on any atom is -0.352 e. The lowest BCUT2D eigenvalue weighted by molar-refractivity contribution is -0.135. The van der Waals surface area contributed by atoms with E-state index in [1.165, 1.54) is 0 Å². The predicted molar refractivity (Wildman–Crippen MR) is 104 cm³/mol. The molecule has 1 saturated heterocycles. The smallest absolute Gasteiger partial charge is 0.240 e. The molecule has 1 saturated carbocycles. The van der Waals surface area contributed by atoms with E-state index < -0.39 is 0 Å². The summed E-state index contributed by atoms with van der Waals surface area (Å²) in [6.07, 6.45) is 4.62. The van der Waals surface area contributed by atoms with Gasteiger partial charge in [-0.3, -0.25) is 19.2 Å². The Morgan fingerprint density at radius 1 is 1.33 bits per heavy atom. The van der Waals surface area contributed by atoms with Gasteiger partial charge in [0, 0.05) is 56.4 Å². The molecule has 1 aliphatic carbocycles. The molecule has 0 bridgehead atoms. The van der Waals surface area contributed by atoms with Gasteiger partial charge in [0.2, 0.25) is 11.8 Å². The lowest BCUT2D eigenvalue weighted by Crippen LogP contribution is -2.45. The summed E-state index contributed by atoms with van der Waals surface area (Å²) in [5, 5.41) is 7.63. The average Bonchev–Trinajstić information content (AvgIpc) is 3.13. The number of aryl methyl sites for hydroxylation is 2. The van der Waals surface area contributed by atoms with Crippen LogP contribution in [0.5, 0.6) is 0 Å². The zero-order valence-electron chi connectivity index (χ0n) is 17.3. The molecule has 1 N–H and O–H groups in total. The second kappa shape index (κ2) is 7.62. The number of hydrogen-bond donors (Lipinski definition) is 1. The summed E-state index contributed by atoms with van der Waals surface area (Å²) in [7, 11) is 1.92. The molecule has 7 nitrogen and oxygen atoms in total. The molecule has 2 amide bonds. The average molecular weight is 376 g/mol. The fourth-order valence-corrected chi connectivity index (χ4v) is 3.98. The van der Waals surface area contributed by atoms with Gasteiger partial charge in [-0.05, 0) is 40.0 Å². The predicted octanol–water partition coefficient (Wildman–Crippen LogP) is 1.46. The highest BCUT2D eigenvalue weighted by Gasteiger charge is 2.47. The summed E-state index contributed by atoms with van der Waals surface area (Å²) in [6.45, 7) is 10.8. The number of likely N-dealkylation sites (N-methyl/N-ethyl adjacent to an activating group) is 1. The van der Waals surface area contributed by atoms with E-state index in [4.69, 9.17) is 0 Å². The van der Waals surface area contributed by atoms with Crippen molar-refractivity contribution in [3.05, 3.63) is 17.5 Å². The number of rotatable bonds is 7. The highest BCUT2D eigenvalue weighted by molar-refractivity contribution is 5.86. The first-order chi connectivity index (χ1) is 12.8. The molecule has 150 valence electrons. The molecule has 7 heteroatoms. The standard InChI is InChI=1S/C20H33N5O2/c1-6-24(7-2)18(26)17-10-16(21-19(27)20(4)8-9-20)13-25(17)12-15-11-23(5)22-14(15)3/h11,16-17H,6-10,12-13H2,1-5H3,(H,21,27). The van der Waals surface area contributed by atoms with Gasteiger partial charge >= 0.3 is 0 Å². The number of aromatic nitrogens is 2. The summed E-state index contributed by atoms with van der Waals surface area (Å²) < 4.78 is 1.81. The lowest BCUT2D eigenvalue weighted by Gasteiger charge is -2.28. The lowest BCUT2D eigenvalue weighted by atomic mass is 10.1. The highest BCUT2D eigenvalue weighted by atomic mass is 16.2. The second-order valence-electron chi connectivity index (χ2n) is 8.34. The minimum atomic E-state index is -0.193. The largest absolute Gasteiger partial charge is 0.352 e. The van der Waals surface area contributed by atoms with Crippen LogP contribution in [0.15, 0.2) is 6.20 Å². The van der Waals surface area contributed by atoms with Crippen molar-refractivity contribution in [2.75, 3.05) is 19.6 Å². The van der Waals surface area contributed by atoms with Gasteiger partial charge in [0.25, 0.3) is 0 Å². The Balaban J connectivity index is 1.75. The number of carbonyl (C=O) groups is 2. The SMILES string of the molecule is CCN(CC)C(=O)C1CC(NC(=O)C2(C)CC2)CN1Cc1cn(C)nc1C. The zero-order chi connectivity index (χ0) is 19.8. The van der Waals surface area contributed by atoms with Crippen LogP contribution in [-0.2, 0) is 23.2 Å². The molecule has 2 aliphatic rings. The highest BCUT2D eigenvalue weighted by Crippen LogP contribution is 2.45. The molecule has 2 heterocycles. The van der Waals surface area contributed by atoms with Crippen LogP contribution < -0.4 is 5.32 Å². The number of likely N-dealkylation sites (tertiary alicyclic amines) is 1. The summed E-state index contributed by atoms with van der Waals surface area (Å²) in [4.78, 5) is 29.7. The van der Waals surface area contributed by atoms with Gasteiger partial charge in [0.05, 0.1) is 11.7 Å². The van der Waals surface area contributed by atoms with E-state index >= 15 is 0 Å². The summed E-state index contributed by atoms with van der Waals surface area (Å²) >= 11 is 0. The maximum atomic E-state index is 13.1. The molecule has 2 atom stereocenters. The van der Waals surface area contributed by atoms with Crippen molar-refractivity contribution in [1.29, 1.82) is 0 Å². The first-order valence-electron chi connectivity index (χ1n) is 10.1. The molecule has 0 radical (unpaired) electrons. The van der Waals surface area contributed by atoms with E-state index in [0.717, 1.165) is 24.1 Å². The molecular weight excluding hydrogens is 342 g/mol. The number of hydrogen-bond acceptors (Lipinski definition) is 4. The van der Waals surface area contributed by atoms with Crippen molar-refractivity contribution in [2.45, 2.75) is 65.6 Å². The van der Waals surface area contributed by atoms with Gasteiger partial charge in [-0.2, -0.15) is 5.10 Å². The monoisotopic (exact) mass is 375 g/mol. The molecular formula is C20H33N5O2. The Bertz CT molecular complexity index is 705. The van der Waals surface area contributed by atoms with Gasteiger partial charge in [-0.25, -0.2) is 0 Å². The number of nitrogens with one attached hydrogen (secondary N) is 1. The van der Waals surface area contributed by atoms with Gasteiger partial charge in [0.15, 0.2) is 0 Å². The fraction of sp³-hybridized carbons (Fsp3) is 0.750. The van der Waals surface area contributed by atoms with E-state index in [1.54, 1.807) is 0 Å². The van der Waals surface area contributed by atoms with Crippen LogP contribution >= 0.6 is 0 Å². The molecule has 0 aromatic carbocycles.